The lowest BCUT2D eigenvalue weighted by Gasteiger charge is -2.36. The third-order valence-corrected chi connectivity index (χ3v) is 3.55. The molecule has 0 unspecified atom stereocenters. The van der Waals surface area contributed by atoms with Gasteiger partial charge < -0.3 is 5.32 Å². The molecule has 2 aromatic rings. The van der Waals surface area contributed by atoms with Gasteiger partial charge in [0.2, 0.25) is 0 Å². The summed E-state index contributed by atoms with van der Waals surface area (Å²) in [6.45, 7) is 0. The van der Waals surface area contributed by atoms with Crippen LogP contribution in [-0.2, 0) is 7.05 Å². The van der Waals surface area contributed by atoms with E-state index in [0.29, 0.717) is 12.0 Å². The van der Waals surface area contributed by atoms with E-state index in [4.69, 9.17) is 0 Å². The highest BCUT2D eigenvalue weighted by Crippen LogP contribution is 2.39. The molecule has 18 heavy (non-hydrogen) atoms. The fraction of sp³-hybridized carbons (Fsp3) is 0.357. The Hall–Kier alpha value is -1.84. The molecule has 3 rings (SSSR count). The Morgan fingerprint density at radius 3 is 2.72 bits per heavy atom. The summed E-state index contributed by atoms with van der Waals surface area (Å²) in [5.74, 6) is 1.15. The number of benzene rings is 1. The average Bonchev–Trinajstić information content (AvgIpc) is 2.70. The highest BCUT2D eigenvalue weighted by Gasteiger charge is 2.32. The number of anilines is 1. The third kappa shape index (κ3) is 2.10. The zero-order valence-corrected chi connectivity index (χ0v) is 10.3. The second-order valence-electron chi connectivity index (χ2n) is 4.91. The third-order valence-electron chi connectivity index (χ3n) is 3.55. The fourth-order valence-electron chi connectivity index (χ4n) is 2.50. The second kappa shape index (κ2) is 4.44. The van der Waals surface area contributed by atoms with E-state index in [1.807, 2.05) is 31.4 Å². The lowest BCUT2D eigenvalue weighted by molar-refractivity contribution is 0.362. The van der Waals surface area contributed by atoms with Gasteiger partial charge in [0.1, 0.15) is 11.6 Å². The summed E-state index contributed by atoms with van der Waals surface area (Å²) in [5, 5.41) is 7.64. The predicted molar refractivity (Wildman–Crippen MR) is 69.0 cm³/mol. The predicted octanol–water partition coefficient (Wildman–Crippen LogP) is 2.92. The van der Waals surface area contributed by atoms with Crippen molar-refractivity contribution in [2.24, 2.45) is 7.05 Å². The lowest BCUT2D eigenvalue weighted by atomic mass is 9.75. The minimum atomic E-state index is -0.0845. The van der Waals surface area contributed by atoms with Crippen LogP contribution in [0.25, 0.3) is 0 Å². The Morgan fingerprint density at radius 1 is 1.28 bits per heavy atom. The first-order chi connectivity index (χ1) is 8.72. The highest BCUT2D eigenvalue weighted by molar-refractivity contribution is 5.36. The van der Waals surface area contributed by atoms with Gasteiger partial charge in [-0.2, -0.15) is 5.10 Å². The first-order valence-electron chi connectivity index (χ1n) is 6.23. The van der Waals surface area contributed by atoms with E-state index in [2.05, 4.69) is 10.4 Å². The smallest absolute Gasteiger partial charge is 0.148 e. The molecule has 1 saturated carbocycles. The van der Waals surface area contributed by atoms with Crippen LogP contribution in [0.2, 0.25) is 0 Å². The van der Waals surface area contributed by atoms with E-state index in [-0.39, 0.29) is 5.82 Å². The van der Waals surface area contributed by atoms with Crippen molar-refractivity contribution in [2.45, 2.75) is 24.8 Å². The molecule has 1 N–H and O–H groups in total. The maximum absolute atomic E-state index is 13.6. The zero-order chi connectivity index (χ0) is 12.5. The van der Waals surface area contributed by atoms with Crippen LogP contribution in [0, 0.1) is 5.82 Å². The quantitative estimate of drug-likeness (QED) is 0.901. The molecule has 1 fully saturated rings. The van der Waals surface area contributed by atoms with Crippen molar-refractivity contribution in [3.8, 4) is 0 Å². The van der Waals surface area contributed by atoms with Crippen molar-refractivity contribution >= 4 is 5.82 Å². The molecule has 0 aliphatic heterocycles. The molecule has 1 aliphatic rings. The molecule has 1 aliphatic carbocycles. The zero-order valence-electron chi connectivity index (χ0n) is 10.3. The Kier molecular flexibility index (Phi) is 2.78. The summed E-state index contributed by atoms with van der Waals surface area (Å²) in [4.78, 5) is 0. The lowest BCUT2D eigenvalue weighted by Crippen LogP contribution is -2.34. The first kappa shape index (κ1) is 11.3. The summed E-state index contributed by atoms with van der Waals surface area (Å²) < 4.78 is 15.4. The van der Waals surface area contributed by atoms with Crippen LogP contribution in [0.15, 0.2) is 36.5 Å². The van der Waals surface area contributed by atoms with Crippen LogP contribution < -0.4 is 5.32 Å². The summed E-state index contributed by atoms with van der Waals surface area (Å²) in [7, 11) is 1.90. The van der Waals surface area contributed by atoms with Gasteiger partial charge in [-0.25, -0.2) is 4.39 Å². The van der Waals surface area contributed by atoms with Gasteiger partial charge in [-0.15, -0.1) is 0 Å². The largest absolute Gasteiger partial charge is 0.366 e. The highest BCUT2D eigenvalue weighted by atomic mass is 19.1. The van der Waals surface area contributed by atoms with Gasteiger partial charge in [0, 0.05) is 25.4 Å². The van der Waals surface area contributed by atoms with Gasteiger partial charge in [0.25, 0.3) is 0 Å². The van der Waals surface area contributed by atoms with Gasteiger partial charge in [0.15, 0.2) is 0 Å². The van der Waals surface area contributed by atoms with Crippen molar-refractivity contribution in [2.75, 3.05) is 5.32 Å². The van der Waals surface area contributed by atoms with E-state index in [9.17, 15) is 4.39 Å². The molecule has 0 bridgehead atoms. The summed E-state index contributed by atoms with van der Waals surface area (Å²) >= 11 is 0. The number of nitrogens with one attached hydrogen (secondary N) is 1. The van der Waals surface area contributed by atoms with Crippen LogP contribution in [0.1, 0.15) is 24.3 Å². The van der Waals surface area contributed by atoms with Gasteiger partial charge in [-0.3, -0.25) is 4.68 Å². The number of halogens is 1. The summed E-state index contributed by atoms with van der Waals surface area (Å²) in [6.07, 6.45) is 3.85. The number of rotatable bonds is 3. The van der Waals surface area contributed by atoms with E-state index >= 15 is 0 Å². The van der Waals surface area contributed by atoms with Crippen LogP contribution >= 0.6 is 0 Å². The molecular weight excluding hydrogens is 229 g/mol. The minimum Gasteiger partial charge on any atom is -0.366 e. The monoisotopic (exact) mass is 245 g/mol. The molecule has 0 spiro atoms. The Morgan fingerprint density at radius 2 is 2.06 bits per heavy atom. The number of nitrogens with zero attached hydrogens (tertiary/aromatic N) is 2. The van der Waals surface area contributed by atoms with E-state index in [1.165, 1.54) is 6.07 Å². The van der Waals surface area contributed by atoms with Gasteiger partial charge in [-0.1, -0.05) is 18.2 Å². The second-order valence-corrected chi connectivity index (χ2v) is 4.91. The minimum absolute atomic E-state index is 0.0845. The number of hydrogen-bond donors (Lipinski definition) is 1. The SMILES string of the molecule is Cn1ccc(NC2CC(c3ccccc3F)C2)n1. The molecule has 0 amide bonds. The standard InChI is InChI=1S/C14H16FN3/c1-18-7-6-14(17-18)16-11-8-10(9-11)12-4-2-3-5-13(12)15/h2-7,10-11H,8-9H2,1H3,(H,16,17). The molecule has 1 aromatic carbocycles. The maximum atomic E-state index is 13.6. The van der Waals surface area contributed by atoms with E-state index < -0.39 is 0 Å². The fourth-order valence-corrected chi connectivity index (χ4v) is 2.50. The molecule has 0 radical (unpaired) electrons. The molecule has 1 aromatic heterocycles. The van der Waals surface area contributed by atoms with Crippen molar-refractivity contribution < 1.29 is 4.39 Å². The van der Waals surface area contributed by atoms with Crippen molar-refractivity contribution in [3.63, 3.8) is 0 Å². The topological polar surface area (TPSA) is 29.9 Å². The van der Waals surface area contributed by atoms with Gasteiger partial charge in [-0.05, 0) is 30.4 Å². The number of aromatic nitrogens is 2. The average molecular weight is 245 g/mol. The summed E-state index contributed by atoms with van der Waals surface area (Å²) in [6, 6.07) is 9.42. The molecule has 3 nitrogen and oxygen atoms in total. The van der Waals surface area contributed by atoms with Crippen LogP contribution in [0.4, 0.5) is 10.2 Å². The first-order valence-corrected chi connectivity index (χ1v) is 6.23. The molecule has 1 heterocycles. The maximum Gasteiger partial charge on any atom is 0.148 e. The molecule has 94 valence electrons. The van der Waals surface area contributed by atoms with Gasteiger partial charge in [0.05, 0.1) is 0 Å². The van der Waals surface area contributed by atoms with Crippen LogP contribution in [-0.4, -0.2) is 15.8 Å². The van der Waals surface area contributed by atoms with Crippen molar-refractivity contribution in [3.05, 3.63) is 47.9 Å². The van der Waals surface area contributed by atoms with Crippen LogP contribution in [0.5, 0.6) is 0 Å². The number of aryl methyl sites for hydroxylation is 1. The Bertz CT molecular complexity index is 543. The van der Waals surface area contributed by atoms with E-state index in [0.717, 1.165) is 24.2 Å². The van der Waals surface area contributed by atoms with Crippen LogP contribution in [0.3, 0.4) is 0 Å². The molecular formula is C14H16FN3. The Labute approximate surface area is 106 Å². The summed E-state index contributed by atoms with van der Waals surface area (Å²) in [5.41, 5.74) is 0.844. The molecule has 0 saturated heterocycles. The molecule has 4 heteroatoms. The van der Waals surface area contributed by atoms with E-state index in [1.54, 1.807) is 10.7 Å². The van der Waals surface area contributed by atoms with Gasteiger partial charge >= 0.3 is 0 Å². The van der Waals surface area contributed by atoms with Crippen molar-refractivity contribution in [1.29, 1.82) is 0 Å². The molecule has 0 atom stereocenters. The normalized spacial score (nSPS) is 22.6. The Balaban J connectivity index is 1.59. The number of hydrogen-bond acceptors (Lipinski definition) is 2. The van der Waals surface area contributed by atoms with Crippen molar-refractivity contribution in [1.82, 2.24) is 9.78 Å².